The van der Waals surface area contributed by atoms with Gasteiger partial charge in [0.25, 0.3) is 0 Å². The molecule has 1 aromatic rings. The van der Waals surface area contributed by atoms with Crippen LogP contribution < -0.4 is 10.6 Å². The largest absolute Gasteiger partial charge is 0.480 e. The van der Waals surface area contributed by atoms with Gasteiger partial charge in [0.15, 0.2) is 0 Å². The highest BCUT2D eigenvalue weighted by molar-refractivity contribution is 5.82. The lowest BCUT2D eigenvalue weighted by Gasteiger charge is -2.19. The van der Waals surface area contributed by atoms with Gasteiger partial charge in [0.1, 0.15) is 6.04 Å². The van der Waals surface area contributed by atoms with E-state index >= 15 is 0 Å². The van der Waals surface area contributed by atoms with E-state index in [1.807, 2.05) is 38.1 Å². The molecular weight excluding hydrogens is 244 g/mol. The van der Waals surface area contributed by atoms with Crippen LogP contribution in [0.2, 0.25) is 0 Å². The van der Waals surface area contributed by atoms with Crippen molar-refractivity contribution < 1.29 is 14.7 Å². The first-order valence-corrected chi connectivity index (χ1v) is 6.20. The van der Waals surface area contributed by atoms with Crippen LogP contribution in [0.25, 0.3) is 0 Å². The fraction of sp³-hybridized carbons (Fsp3) is 0.429. The van der Waals surface area contributed by atoms with Gasteiger partial charge in [0, 0.05) is 19.5 Å². The number of carbonyl (C=O) groups excluding carboxylic acids is 1. The molecule has 0 aliphatic rings. The van der Waals surface area contributed by atoms with Crippen LogP contribution in [0.3, 0.4) is 0 Å². The molecule has 0 radical (unpaired) electrons. The monoisotopic (exact) mass is 264 g/mol. The zero-order chi connectivity index (χ0) is 14.4. The van der Waals surface area contributed by atoms with Crippen LogP contribution >= 0.6 is 0 Å². The van der Waals surface area contributed by atoms with Crippen molar-refractivity contribution in [1.82, 2.24) is 10.6 Å². The minimum absolute atomic E-state index is 0.0243. The smallest absolute Gasteiger partial charge is 0.327 e. The normalized spacial score (nSPS) is 13.6. The number of carbonyl (C=O) groups is 2. The Hall–Kier alpha value is -1.88. The molecule has 1 amide bonds. The summed E-state index contributed by atoms with van der Waals surface area (Å²) in [5.74, 6) is -1.39. The summed E-state index contributed by atoms with van der Waals surface area (Å²) in [6.07, 6.45) is 0. The summed E-state index contributed by atoms with van der Waals surface area (Å²) < 4.78 is 0. The average molecular weight is 264 g/mol. The van der Waals surface area contributed by atoms with Crippen LogP contribution in [0.15, 0.2) is 24.3 Å². The Morgan fingerprint density at radius 2 is 1.84 bits per heavy atom. The van der Waals surface area contributed by atoms with E-state index in [2.05, 4.69) is 10.6 Å². The second kappa shape index (κ2) is 6.89. The van der Waals surface area contributed by atoms with Crippen LogP contribution in [0.5, 0.6) is 0 Å². The predicted molar refractivity (Wildman–Crippen MR) is 72.8 cm³/mol. The molecule has 3 N–H and O–H groups in total. The van der Waals surface area contributed by atoms with Crippen LogP contribution in [0.4, 0.5) is 0 Å². The first-order valence-electron chi connectivity index (χ1n) is 6.20. The first-order chi connectivity index (χ1) is 8.90. The Kier molecular flexibility index (Phi) is 5.51. The molecule has 0 saturated heterocycles. The van der Waals surface area contributed by atoms with Gasteiger partial charge in [0.05, 0.1) is 0 Å². The topological polar surface area (TPSA) is 78.4 Å². The molecule has 2 atom stereocenters. The number of nitrogens with one attached hydrogen (secondary N) is 2. The van der Waals surface area contributed by atoms with Crippen LogP contribution in [-0.2, 0) is 9.59 Å². The number of amides is 1. The fourth-order valence-corrected chi connectivity index (χ4v) is 1.71. The molecule has 0 saturated carbocycles. The van der Waals surface area contributed by atoms with E-state index in [4.69, 9.17) is 5.11 Å². The zero-order valence-electron chi connectivity index (χ0n) is 11.4. The quantitative estimate of drug-likeness (QED) is 0.722. The molecule has 0 fully saturated rings. The summed E-state index contributed by atoms with van der Waals surface area (Å²) in [7, 11) is 0. The summed E-state index contributed by atoms with van der Waals surface area (Å²) >= 11 is 0. The minimum atomic E-state index is -1.04. The van der Waals surface area contributed by atoms with Gasteiger partial charge in [-0.3, -0.25) is 4.79 Å². The number of aliphatic carboxylic acids is 1. The molecule has 0 heterocycles. The number of aryl methyl sites for hydroxylation is 1. The van der Waals surface area contributed by atoms with Crippen molar-refractivity contribution in [2.75, 3.05) is 6.54 Å². The lowest BCUT2D eigenvalue weighted by atomic mass is 10.1. The molecule has 0 aliphatic heterocycles. The third-order valence-electron chi connectivity index (χ3n) is 2.88. The van der Waals surface area contributed by atoms with Crippen molar-refractivity contribution in [3.63, 3.8) is 0 Å². The lowest BCUT2D eigenvalue weighted by molar-refractivity contribution is -0.141. The highest BCUT2D eigenvalue weighted by atomic mass is 16.4. The van der Waals surface area contributed by atoms with E-state index in [1.54, 1.807) is 0 Å². The Labute approximate surface area is 113 Å². The maximum absolute atomic E-state index is 11.0. The molecule has 0 bridgehead atoms. The molecule has 104 valence electrons. The number of carboxylic acids is 1. The van der Waals surface area contributed by atoms with E-state index in [0.717, 1.165) is 5.56 Å². The number of carboxylic acid groups (broad SMARTS) is 1. The molecule has 0 aromatic heterocycles. The summed E-state index contributed by atoms with van der Waals surface area (Å²) in [6, 6.07) is 7.13. The molecule has 1 rings (SSSR count). The molecule has 0 aliphatic carbocycles. The Morgan fingerprint density at radius 3 is 2.32 bits per heavy atom. The van der Waals surface area contributed by atoms with Gasteiger partial charge in [-0.25, -0.2) is 4.79 Å². The van der Waals surface area contributed by atoms with E-state index in [1.165, 1.54) is 12.5 Å². The van der Waals surface area contributed by atoms with Gasteiger partial charge < -0.3 is 15.7 Å². The second-order valence-electron chi connectivity index (χ2n) is 4.63. The van der Waals surface area contributed by atoms with Gasteiger partial charge >= 0.3 is 5.97 Å². The summed E-state index contributed by atoms with van der Waals surface area (Å²) in [4.78, 5) is 21.9. The zero-order valence-corrected chi connectivity index (χ0v) is 11.4. The average Bonchev–Trinajstić information content (AvgIpc) is 2.34. The molecular formula is C14H20N2O3. The van der Waals surface area contributed by atoms with Crippen LogP contribution in [0, 0.1) is 6.92 Å². The Bertz CT molecular complexity index is 443. The molecule has 2 unspecified atom stereocenters. The summed E-state index contributed by atoms with van der Waals surface area (Å²) in [6.45, 7) is 5.46. The Morgan fingerprint density at radius 1 is 1.26 bits per heavy atom. The Balaban J connectivity index is 2.56. The predicted octanol–water partition coefficient (Wildman–Crippen LogP) is 1.23. The number of benzene rings is 1. The highest BCUT2D eigenvalue weighted by Gasteiger charge is 2.19. The van der Waals surface area contributed by atoms with Crippen LogP contribution in [-0.4, -0.2) is 29.6 Å². The SMILES string of the molecule is CC(=O)NC(CNC(C)c1ccc(C)cc1)C(=O)O. The van der Waals surface area contributed by atoms with Gasteiger partial charge in [0.2, 0.25) is 5.91 Å². The van der Waals surface area contributed by atoms with Crippen molar-refractivity contribution >= 4 is 11.9 Å². The maximum Gasteiger partial charge on any atom is 0.327 e. The molecule has 5 nitrogen and oxygen atoms in total. The van der Waals surface area contributed by atoms with Crippen molar-refractivity contribution in [2.24, 2.45) is 0 Å². The minimum Gasteiger partial charge on any atom is -0.480 e. The van der Waals surface area contributed by atoms with E-state index in [9.17, 15) is 9.59 Å². The van der Waals surface area contributed by atoms with E-state index in [0.29, 0.717) is 0 Å². The molecule has 19 heavy (non-hydrogen) atoms. The number of hydrogen-bond acceptors (Lipinski definition) is 3. The van der Waals surface area contributed by atoms with E-state index in [-0.39, 0.29) is 18.5 Å². The number of hydrogen-bond donors (Lipinski definition) is 3. The van der Waals surface area contributed by atoms with Crippen molar-refractivity contribution in [3.05, 3.63) is 35.4 Å². The fourth-order valence-electron chi connectivity index (χ4n) is 1.71. The van der Waals surface area contributed by atoms with Crippen molar-refractivity contribution in [3.8, 4) is 0 Å². The van der Waals surface area contributed by atoms with E-state index < -0.39 is 12.0 Å². The molecule has 0 spiro atoms. The lowest BCUT2D eigenvalue weighted by Crippen LogP contribution is -2.46. The van der Waals surface area contributed by atoms with Gasteiger partial charge in [-0.05, 0) is 19.4 Å². The van der Waals surface area contributed by atoms with Gasteiger partial charge in [-0.15, -0.1) is 0 Å². The van der Waals surface area contributed by atoms with Crippen LogP contribution in [0.1, 0.15) is 31.0 Å². The maximum atomic E-state index is 11.0. The standard InChI is InChI=1S/C14H20N2O3/c1-9-4-6-12(7-5-9)10(2)15-8-13(14(18)19)16-11(3)17/h4-7,10,13,15H,8H2,1-3H3,(H,16,17)(H,18,19). The highest BCUT2D eigenvalue weighted by Crippen LogP contribution is 2.12. The van der Waals surface area contributed by atoms with Gasteiger partial charge in [-0.1, -0.05) is 29.8 Å². The molecule has 5 heteroatoms. The third-order valence-corrected chi connectivity index (χ3v) is 2.88. The molecule has 1 aromatic carbocycles. The van der Waals surface area contributed by atoms with Crippen molar-refractivity contribution in [1.29, 1.82) is 0 Å². The third kappa shape index (κ3) is 5.09. The number of rotatable bonds is 6. The summed E-state index contributed by atoms with van der Waals surface area (Å²) in [5.41, 5.74) is 2.26. The van der Waals surface area contributed by atoms with Crippen molar-refractivity contribution in [2.45, 2.75) is 32.9 Å². The summed E-state index contributed by atoms with van der Waals surface area (Å²) in [5, 5.41) is 14.5. The first kappa shape index (κ1) is 15.2. The van der Waals surface area contributed by atoms with Gasteiger partial charge in [-0.2, -0.15) is 0 Å². The second-order valence-corrected chi connectivity index (χ2v) is 4.63.